The van der Waals surface area contributed by atoms with Gasteiger partial charge < -0.3 is 15.1 Å². The molecule has 2 aromatic rings. The Kier molecular flexibility index (Phi) is 9.17. The minimum atomic E-state index is -0.534. The van der Waals surface area contributed by atoms with E-state index >= 15 is 0 Å². The Morgan fingerprint density at radius 2 is 1.62 bits per heavy atom. The van der Waals surface area contributed by atoms with Crippen molar-refractivity contribution in [1.29, 1.82) is 0 Å². The Morgan fingerprint density at radius 3 is 2.27 bits per heavy atom. The lowest BCUT2D eigenvalue weighted by Crippen LogP contribution is -2.76. The molecule has 1 N–H and O–H groups in total. The van der Waals surface area contributed by atoms with Gasteiger partial charge in [0.1, 0.15) is 12.2 Å². The third-order valence-corrected chi connectivity index (χ3v) is 7.24. The monoisotopic (exact) mass is 505 g/mol. The number of likely N-dealkylation sites (N-methyl/N-ethyl adjacent to an activating group) is 1. The number of urea groups is 1. The van der Waals surface area contributed by atoms with Gasteiger partial charge in [-0.15, -0.1) is 0 Å². The highest BCUT2D eigenvalue weighted by atomic mass is 16.2. The van der Waals surface area contributed by atoms with Gasteiger partial charge in [-0.2, -0.15) is 0 Å². The fraction of sp³-hybridized carbons (Fsp3) is 0.483. The smallest absolute Gasteiger partial charge is 0.334 e. The topological polar surface area (TPSA) is 76.2 Å². The molecule has 0 aromatic heterocycles. The molecule has 8 heteroatoms. The maximum atomic E-state index is 13.5. The van der Waals surface area contributed by atoms with Crippen LogP contribution in [-0.2, 0) is 22.6 Å². The van der Waals surface area contributed by atoms with E-state index in [1.165, 1.54) is 5.56 Å². The van der Waals surface area contributed by atoms with Gasteiger partial charge in [-0.25, -0.2) is 14.8 Å². The molecule has 4 amide bonds. The maximum absolute atomic E-state index is 13.5. The van der Waals surface area contributed by atoms with E-state index in [0.717, 1.165) is 31.2 Å². The summed E-state index contributed by atoms with van der Waals surface area (Å²) in [6.45, 7) is 5.93. The number of hydrogen-bond donors (Lipinski definition) is 1. The minimum absolute atomic E-state index is 0.000697. The third-order valence-electron chi connectivity index (χ3n) is 7.24. The average molecular weight is 506 g/mol. The zero-order valence-corrected chi connectivity index (χ0v) is 22.0. The van der Waals surface area contributed by atoms with Crippen LogP contribution in [0.1, 0.15) is 50.7 Å². The van der Waals surface area contributed by atoms with Crippen LogP contribution in [0.15, 0.2) is 60.7 Å². The first kappa shape index (κ1) is 26.7. The first-order valence-corrected chi connectivity index (χ1v) is 13.5. The van der Waals surface area contributed by atoms with Crippen LogP contribution in [0.25, 0.3) is 0 Å². The number of carbonyl (C=O) groups is 3. The van der Waals surface area contributed by atoms with E-state index in [1.54, 1.807) is 14.9 Å². The van der Waals surface area contributed by atoms with Crippen molar-refractivity contribution in [2.75, 3.05) is 26.2 Å². The molecule has 2 atom stereocenters. The van der Waals surface area contributed by atoms with Gasteiger partial charge in [-0.05, 0) is 36.8 Å². The largest absolute Gasteiger partial charge is 0.337 e. The van der Waals surface area contributed by atoms with Crippen molar-refractivity contribution >= 4 is 17.8 Å². The van der Waals surface area contributed by atoms with Crippen molar-refractivity contribution < 1.29 is 14.4 Å². The molecule has 0 aliphatic carbocycles. The van der Waals surface area contributed by atoms with E-state index in [-0.39, 0.29) is 24.4 Å². The molecule has 37 heavy (non-hydrogen) atoms. The predicted octanol–water partition coefficient (Wildman–Crippen LogP) is 3.64. The molecule has 0 radical (unpaired) electrons. The summed E-state index contributed by atoms with van der Waals surface area (Å²) in [6.07, 6.45) is 3.67. The summed E-state index contributed by atoms with van der Waals surface area (Å²) in [4.78, 5) is 43.8. The third kappa shape index (κ3) is 6.31. The lowest BCUT2D eigenvalue weighted by Gasteiger charge is -2.55. The zero-order chi connectivity index (χ0) is 26.2. The van der Waals surface area contributed by atoms with Crippen LogP contribution in [0, 0.1) is 0 Å². The van der Waals surface area contributed by atoms with Crippen LogP contribution in [0.2, 0.25) is 0 Å². The molecule has 0 bridgehead atoms. The number of amides is 4. The van der Waals surface area contributed by atoms with Crippen molar-refractivity contribution in [3.8, 4) is 0 Å². The molecule has 0 spiro atoms. The van der Waals surface area contributed by atoms with Gasteiger partial charge in [0.05, 0.1) is 13.1 Å². The van der Waals surface area contributed by atoms with Crippen LogP contribution in [-0.4, -0.2) is 76.0 Å². The number of nitrogens with zero attached hydrogens (tertiary/aromatic N) is 4. The number of hydrogen-bond acceptors (Lipinski definition) is 4. The van der Waals surface area contributed by atoms with E-state index in [1.807, 2.05) is 67.3 Å². The van der Waals surface area contributed by atoms with Gasteiger partial charge >= 0.3 is 6.03 Å². The Labute approximate surface area is 220 Å². The number of hydrazine groups is 1. The number of nitrogens with one attached hydrogen (secondary N) is 1. The summed E-state index contributed by atoms with van der Waals surface area (Å²) in [5.74, 6) is -0.0877. The first-order valence-electron chi connectivity index (χ1n) is 13.5. The van der Waals surface area contributed by atoms with E-state index in [9.17, 15) is 14.4 Å². The fourth-order valence-corrected chi connectivity index (χ4v) is 5.35. The van der Waals surface area contributed by atoms with E-state index in [4.69, 9.17) is 0 Å². The summed E-state index contributed by atoms with van der Waals surface area (Å²) in [5, 5.41) is 6.51. The molecule has 2 saturated heterocycles. The van der Waals surface area contributed by atoms with Crippen LogP contribution in [0.5, 0.6) is 0 Å². The summed E-state index contributed by atoms with van der Waals surface area (Å²) in [5.41, 5.74) is 2.30. The fourth-order valence-electron chi connectivity index (χ4n) is 5.35. The van der Waals surface area contributed by atoms with Gasteiger partial charge in [0.15, 0.2) is 0 Å². The minimum Gasteiger partial charge on any atom is -0.337 e. The summed E-state index contributed by atoms with van der Waals surface area (Å²) in [6, 6.07) is 19.3. The number of rotatable bonds is 10. The van der Waals surface area contributed by atoms with Crippen LogP contribution >= 0.6 is 0 Å². The number of carbonyl (C=O) groups excluding carboxylic acids is 3. The molecule has 8 nitrogen and oxygen atoms in total. The van der Waals surface area contributed by atoms with Gasteiger partial charge in [-0.1, -0.05) is 80.9 Å². The van der Waals surface area contributed by atoms with Crippen LogP contribution in [0.3, 0.4) is 0 Å². The Balaban J connectivity index is 1.49. The van der Waals surface area contributed by atoms with Gasteiger partial charge in [0.2, 0.25) is 11.8 Å². The lowest BCUT2D eigenvalue weighted by atomic mass is 10.0. The molecular formula is C29H39N5O3. The van der Waals surface area contributed by atoms with E-state index < -0.39 is 12.2 Å². The standard InChI is InChI=1S/C29H39N5O3/c1-3-13-25-28(36)31(19-12-11-16-23-14-7-5-8-15-23)21-26-33(25)27(35)22-32(4-2)34(26)29(37)30-20-24-17-9-6-10-18-24/h5-10,14-15,17-18,25-26H,3-4,11-13,16,19-22H2,1-2H3,(H,30,37)/t25-,26-/m0/s1. The second-order valence-corrected chi connectivity index (χ2v) is 9.78. The van der Waals surface area contributed by atoms with Crippen molar-refractivity contribution in [2.24, 2.45) is 0 Å². The van der Waals surface area contributed by atoms with Crippen LogP contribution in [0.4, 0.5) is 4.79 Å². The Hall–Kier alpha value is -3.39. The molecule has 0 unspecified atom stereocenters. The number of aryl methyl sites for hydroxylation is 1. The van der Waals surface area contributed by atoms with Gasteiger partial charge in [0, 0.05) is 19.6 Å². The Morgan fingerprint density at radius 1 is 0.946 bits per heavy atom. The second kappa shape index (κ2) is 12.7. The summed E-state index contributed by atoms with van der Waals surface area (Å²) < 4.78 is 0. The lowest BCUT2D eigenvalue weighted by molar-refractivity contribution is -0.190. The number of piperazine rings is 1. The molecule has 2 heterocycles. The quantitative estimate of drug-likeness (QED) is 0.501. The SMILES string of the molecule is CCC[C@H]1C(=O)N(CCCCc2ccccc2)C[C@H]2N1C(=O)CN(CC)N2C(=O)NCc1ccccc1. The number of benzene rings is 2. The van der Waals surface area contributed by atoms with Gasteiger partial charge in [0.25, 0.3) is 0 Å². The normalized spacial score (nSPS) is 20.2. The molecule has 4 rings (SSSR count). The highest BCUT2D eigenvalue weighted by Crippen LogP contribution is 2.28. The highest BCUT2D eigenvalue weighted by molar-refractivity contribution is 5.91. The van der Waals surface area contributed by atoms with Crippen molar-refractivity contribution in [2.45, 2.75) is 64.7 Å². The Bertz CT molecular complexity index is 1050. The number of fused-ring (bicyclic) bond motifs is 1. The molecule has 2 aliphatic rings. The highest BCUT2D eigenvalue weighted by Gasteiger charge is 2.50. The average Bonchev–Trinajstić information content (AvgIpc) is 2.92. The zero-order valence-electron chi connectivity index (χ0n) is 22.0. The first-order chi connectivity index (χ1) is 18.0. The molecule has 2 aliphatic heterocycles. The van der Waals surface area contributed by atoms with Crippen LogP contribution < -0.4 is 5.32 Å². The summed E-state index contributed by atoms with van der Waals surface area (Å²) in [7, 11) is 0. The molecule has 2 aromatic carbocycles. The maximum Gasteiger partial charge on any atom is 0.334 e. The second-order valence-electron chi connectivity index (χ2n) is 9.78. The molecule has 198 valence electrons. The van der Waals surface area contributed by atoms with Crippen molar-refractivity contribution in [3.63, 3.8) is 0 Å². The van der Waals surface area contributed by atoms with Crippen molar-refractivity contribution in [3.05, 3.63) is 71.8 Å². The molecule has 2 fully saturated rings. The summed E-state index contributed by atoms with van der Waals surface area (Å²) >= 11 is 0. The van der Waals surface area contributed by atoms with Gasteiger partial charge in [-0.3, -0.25) is 9.59 Å². The van der Waals surface area contributed by atoms with E-state index in [0.29, 0.717) is 32.6 Å². The molecular weight excluding hydrogens is 466 g/mol. The van der Waals surface area contributed by atoms with Crippen molar-refractivity contribution in [1.82, 2.24) is 25.1 Å². The number of unbranched alkanes of at least 4 members (excludes halogenated alkanes) is 1. The van der Waals surface area contributed by atoms with E-state index in [2.05, 4.69) is 17.4 Å². The predicted molar refractivity (Wildman–Crippen MR) is 143 cm³/mol. The molecule has 0 saturated carbocycles.